The third kappa shape index (κ3) is 8.24. The van der Waals surface area contributed by atoms with E-state index in [0.717, 1.165) is 22.3 Å². The van der Waals surface area contributed by atoms with Crippen LogP contribution in [0.5, 0.6) is 0 Å². The fraction of sp³-hybridized carbons (Fsp3) is 0.294. The van der Waals surface area contributed by atoms with E-state index in [9.17, 15) is 5.21 Å². The Hall–Kier alpha value is -3.60. The summed E-state index contributed by atoms with van der Waals surface area (Å²) in [6.07, 6.45) is -2.66. The normalized spacial score (nSPS) is 22.1. The maximum absolute atomic E-state index is 11.2. The molecule has 0 radical (unpaired) electrons. The minimum absolute atomic E-state index is 0.137. The van der Waals surface area contributed by atoms with Gasteiger partial charge in [0.05, 0.1) is 38.2 Å². The van der Waals surface area contributed by atoms with Gasteiger partial charge in [-0.3, -0.25) is 5.21 Å². The van der Waals surface area contributed by atoms with Gasteiger partial charge in [-0.2, -0.15) is 0 Å². The molecule has 220 valence electrons. The second-order valence-corrected chi connectivity index (χ2v) is 10.2. The van der Waals surface area contributed by atoms with Gasteiger partial charge in [-0.05, 0) is 41.3 Å². The summed E-state index contributed by atoms with van der Waals surface area (Å²) in [6, 6.07) is 36.4. The molecule has 4 aromatic rings. The third-order valence-electron chi connectivity index (χ3n) is 7.15. The molecular weight excluding hydrogens is 534 g/mol. The number of rotatable bonds is 13. The number of ether oxygens (including phenoxy) is 5. The largest absolute Gasteiger partial charge is 0.733 e. The van der Waals surface area contributed by atoms with E-state index < -0.39 is 24.6 Å². The fourth-order valence-electron chi connectivity index (χ4n) is 4.90. The van der Waals surface area contributed by atoms with Crippen LogP contribution in [-0.4, -0.2) is 35.9 Å². The Bertz CT molecular complexity index is 1320. The minimum atomic E-state index is -0.755. The van der Waals surface area contributed by atoms with E-state index >= 15 is 0 Å². The molecule has 5 atom stereocenters. The summed E-state index contributed by atoms with van der Waals surface area (Å²) in [4.78, 5) is 0. The molecule has 0 bridgehead atoms. The zero-order valence-electron chi connectivity index (χ0n) is 23.5. The van der Waals surface area contributed by atoms with E-state index in [-0.39, 0.29) is 23.6 Å². The lowest BCUT2D eigenvalue weighted by molar-refractivity contribution is -0.322. The molecule has 1 N–H and O–H groups in total. The van der Waals surface area contributed by atoms with E-state index in [1.807, 2.05) is 97.9 Å². The first-order valence-electron chi connectivity index (χ1n) is 14.1. The number of hydrogen-bond donors (Lipinski definition) is 1. The monoisotopic (exact) mass is 570 g/mol. The van der Waals surface area contributed by atoms with Crippen LogP contribution in [0.4, 0.5) is 5.69 Å². The van der Waals surface area contributed by atoms with Crippen molar-refractivity contribution in [3.05, 3.63) is 143 Å². The van der Waals surface area contributed by atoms with E-state index in [4.69, 9.17) is 28.9 Å². The van der Waals surface area contributed by atoms with Crippen molar-refractivity contribution in [3.8, 4) is 0 Å². The Labute approximate surface area is 246 Å². The van der Waals surface area contributed by atoms with E-state index in [1.165, 1.54) is 12.1 Å². The maximum Gasteiger partial charge on any atom is 0.187 e. The van der Waals surface area contributed by atoms with Gasteiger partial charge in [0.2, 0.25) is 0 Å². The molecule has 8 heteroatoms. The predicted octanol–water partition coefficient (Wildman–Crippen LogP) is 6.40. The summed E-state index contributed by atoms with van der Waals surface area (Å²) in [7, 11) is 0. The van der Waals surface area contributed by atoms with Crippen molar-refractivity contribution in [1.29, 1.82) is 0 Å². The van der Waals surface area contributed by atoms with Crippen LogP contribution in [0.2, 0.25) is 0 Å². The number of anilines is 1. The highest BCUT2D eigenvalue weighted by Gasteiger charge is 2.47. The van der Waals surface area contributed by atoms with Crippen molar-refractivity contribution in [3.63, 3.8) is 0 Å². The van der Waals surface area contributed by atoms with Crippen LogP contribution in [0.15, 0.2) is 115 Å². The summed E-state index contributed by atoms with van der Waals surface area (Å²) in [5.74, 6) is 0. The van der Waals surface area contributed by atoms with Crippen LogP contribution in [0.25, 0.3) is 0 Å². The third-order valence-corrected chi connectivity index (χ3v) is 7.15. The average molecular weight is 571 g/mol. The van der Waals surface area contributed by atoms with E-state index in [0.29, 0.717) is 19.8 Å². The SMILES string of the molecule is CC1OC(OCc2ccc(N([O-])O)cc2)C(OCc2ccccc2)C(OCc2ccccc2)C1OCc1ccccc1. The second-order valence-electron chi connectivity index (χ2n) is 10.2. The molecule has 4 aromatic carbocycles. The summed E-state index contributed by atoms with van der Waals surface area (Å²) in [5, 5.41) is 20.2. The molecule has 0 saturated carbocycles. The first-order valence-corrected chi connectivity index (χ1v) is 14.1. The molecule has 0 aromatic heterocycles. The maximum atomic E-state index is 11.2. The first-order chi connectivity index (χ1) is 20.6. The van der Waals surface area contributed by atoms with Crippen molar-refractivity contribution in [2.24, 2.45) is 0 Å². The van der Waals surface area contributed by atoms with Gasteiger partial charge in [0.25, 0.3) is 0 Å². The van der Waals surface area contributed by atoms with Crippen molar-refractivity contribution in [2.75, 3.05) is 5.23 Å². The molecule has 1 heterocycles. The molecule has 5 unspecified atom stereocenters. The standard InChI is InChI=1S/C34H36NO7/c1-25-31(38-21-26-11-5-2-6-12-26)32(39-22-27-13-7-3-8-14-27)33(40-23-28-15-9-4-10-16-28)34(42-25)41-24-29-17-19-30(20-18-29)35(36)37/h2-20,25,31-34,36H,21-24H2,1H3/q-1. The van der Waals surface area contributed by atoms with Gasteiger partial charge in [-0.15, -0.1) is 0 Å². The molecule has 0 aliphatic carbocycles. The summed E-state index contributed by atoms with van der Waals surface area (Å²) in [6.45, 7) is 3.26. The van der Waals surface area contributed by atoms with E-state index in [2.05, 4.69) is 0 Å². The quantitative estimate of drug-likeness (QED) is 0.185. The van der Waals surface area contributed by atoms with Gasteiger partial charge in [-0.1, -0.05) is 103 Å². The highest BCUT2D eigenvalue weighted by Crippen LogP contribution is 2.31. The highest BCUT2D eigenvalue weighted by atomic mass is 16.8. The van der Waals surface area contributed by atoms with Crippen LogP contribution >= 0.6 is 0 Å². The zero-order chi connectivity index (χ0) is 29.1. The van der Waals surface area contributed by atoms with Crippen LogP contribution < -0.4 is 5.23 Å². The Kier molecular flexibility index (Phi) is 10.7. The average Bonchev–Trinajstić information content (AvgIpc) is 3.03. The smallest absolute Gasteiger partial charge is 0.187 e. The van der Waals surface area contributed by atoms with Crippen molar-refractivity contribution >= 4 is 5.69 Å². The highest BCUT2D eigenvalue weighted by molar-refractivity contribution is 5.45. The predicted molar refractivity (Wildman–Crippen MR) is 158 cm³/mol. The number of hydrogen-bond acceptors (Lipinski definition) is 8. The Morgan fingerprint density at radius 1 is 0.571 bits per heavy atom. The first kappa shape index (κ1) is 29.9. The Morgan fingerprint density at radius 2 is 0.976 bits per heavy atom. The molecule has 0 spiro atoms. The zero-order valence-corrected chi connectivity index (χ0v) is 23.5. The molecule has 0 amide bonds. The van der Waals surface area contributed by atoms with Gasteiger partial charge in [-0.25, -0.2) is 0 Å². The molecule has 1 aliphatic rings. The Balaban J connectivity index is 1.38. The lowest BCUT2D eigenvalue weighted by atomic mass is 9.98. The van der Waals surface area contributed by atoms with Crippen molar-refractivity contribution < 1.29 is 28.9 Å². The van der Waals surface area contributed by atoms with Crippen LogP contribution in [0.3, 0.4) is 0 Å². The van der Waals surface area contributed by atoms with Gasteiger partial charge in [0.1, 0.15) is 18.3 Å². The molecular formula is C34H36NO7-. The van der Waals surface area contributed by atoms with Crippen LogP contribution in [0.1, 0.15) is 29.2 Å². The molecule has 1 fully saturated rings. The summed E-state index contributed by atoms with van der Waals surface area (Å²) < 4.78 is 32.3. The van der Waals surface area contributed by atoms with Gasteiger partial charge >= 0.3 is 0 Å². The topological polar surface area (TPSA) is 92.7 Å². The molecule has 8 nitrogen and oxygen atoms in total. The molecule has 1 saturated heterocycles. The molecule has 5 rings (SSSR count). The number of nitrogens with zero attached hydrogens (tertiary/aromatic N) is 1. The van der Waals surface area contributed by atoms with E-state index in [1.54, 1.807) is 12.1 Å². The van der Waals surface area contributed by atoms with Gasteiger partial charge in [0.15, 0.2) is 6.29 Å². The van der Waals surface area contributed by atoms with Crippen LogP contribution in [0, 0.1) is 5.21 Å². The van der Waals surface area contributed by atoms with Gasteiger partial charge < -0.3 is 34.1 Å². The number of benzene rings is 4. The van der Waals surface area contributed by atoms with Crippen molar-refractivity contribution in [2.45, 2.75) is 64.1 Å². The second kappa shape index (κ2) is 15.0. The summed E-state index contributed by atoms with van der Waals surface area (Å²) >= 11 is 0. The summed E-state index contributed by atoms with van der Waals surface area (Å²) in [5.41, 5.74) is 4.05. The Morgan fingerprint density at radius 3 is 1.45 bits per heavy atom. The molecule has 1 aliphatic heterocycles. The lowest BCUT2D eigenvalue weighted by Gasteiger charge is -2.45. The van der Waals surface area contributed by atoms with Crippen LogP contribution in [-0.2, 0) is 50.1 Å². The molecule has 42 heavy (non-hydrogen) atoms. The van der Waals surface area contributed by atoms with Gasteiger partial charge in [0, 0.05) is 0 Å². The fourth-order valence-corrected chi connectivity index (χ4v) is 4.90. The van der Waals surface area contributed by atoms with Crippen molar-refractivity contribution in [1.82, 2.24) is 0 Å². The minimum Gasteiger partial charge on any atom is -0.733 e. The lowest BCUT2D eigenvalue weighted by Crippen LogP contribution is -2.60.